The molecule has 0 bridgehead atoms. The molecular weight excluding hydrogens is 433 g/mol. The number of carbonyl (C=O) groups is 3. The van der Waals surface area contributed by atoms with Crippen molar-refractivity contribution >= 4 is 18.7 Å². The van der Waals surface area contributed by atoms with Crippen molar-refractivity contribution in [2.24, 2.45) is 0 Å². The summed E-state index contributed by atoms with van der Waals surface area (Å²) < 4.78 is 0. The third kappa shape index (κ3) is 20.1. The quantitative estimate of drug-likeness (QED) is 0.274. The minimum absolute atomic E-state index is 0. The summed E-state index contributed by atoms with van der Waals surface area (Å²) in [6.45, 7) is 10.7. The van der Waals surface area contributed by atoms with Crippen LogP contribution in [0.15, 0.2) is 0 Å². The van der Waals surface area contributed by atoms with Crippen LogP contribution in [-0.2, 0) is 47.1 Å². The number of hydrogen-bond donors (Lipinski definition) is 4. The summed E-state index contributed by atoms with van der Waals surface area (Å²) in [6, 6.07) is 0. The largest absolute Gasteiger partial charge is 0.483 e. The van der Waals surface area contributed by atoms with Crippen molar-refractivity contribution in [1.29, 1.82) is 0 Å². The van der Waals surface area contributed by atoms with Gasteiger partial charge in [-0.2, -0.15) is 0 Å². The van der Waals surface area contributed by atoms with Gasteiger partial charge in [0.1, 0.15) is 6.29 Å². The van der Waals surface area contributed by atoms with Crippen LogP contribution < -0.4 is 5.32 Å². The number of carboxylic acids is 1. The topological polar surface area (TPSA) is 134 Å². The molecule has 10 nitrogen and oxygen atoms in total. The van der Waals surface area contributed by atoms with Gasteiger partial charge < -0.3 is 35.2 Å². The number of rotatable bonds is 5. The summed E-state index contributed by atoms with van der Waals surface area (Å²) in [5.74, 6) is -0.836. The number of aliphatic hydroxyl groups is 1. The van der Waals surface area contributed by atoms with Crippen LogP contribution in [0.1, 0.15) is 6.92 Å². The molecule has 157 valence electrons. The van der Waals surface area contributed by atoms with Gasteiger partial charge in [-0.15, -0.1) is 6.54 Å². The van der Waals surface area contributed by atoms with Gasteiger partial charge in [0, 0.05) is 72.5 Å². The number of aldehydes is 1. The Labute approximate surface area is 186 Å². The Kier molecular flexibility index (Phi) is 27.2. The minimum Gasteiger partial charge on any atom is -0.483 e. The molecule has 1 rings (SSSR count). The zero-order chi connectivity index (χ0) is 20.2. The molecule has 11 heteroatoms. The fourth-order valence-electron chi connectivity index (χ4n) is 2.32. The molecule has 1 aliphatic heterocycles. The molecule has 0 unspecified atom stereocenters. The molecule has 1 saturated heterocycles. The van der Waals surface area contributed by atoms with Gasteiger partial charge in [0.05, 0.1) is 13.1 Å². The molecule has 1 radical (unpaired) electrons. The first-order chi connectivity index (χ1) is 12.6. The van der Waals surface area contributed by atoms with Gasteiger partial charge in [-0.25, -0.2) is 0 Å². The summed E-state index contributed by atoms with van der Waals surface area (Å²) >= 11 is 0. The molecule has 1 heterocycles. The maximum absolute atomic E-state index is 10.9. The Morgan fingerprint density at radius 3 is 2.19 bits per heavy atom. The van der Waals surface area contributed by atoms with Crippen molar-refractivity contribution in [2.75, 3.05) is 72.6 Å². The number of carboxylic acid groups (broad SMARTS) is 2. The molecule has 0 spiro atoms. The van der Waals surface area contributed by atoms with Crippen molar-refractivity contribution < 1.29 is 62.4 Å². The Balaban J connectivity index is -0.000000870. The molecule has 0 amide bonds. The molecule has 1 fully saturated rings. The summed E-state index contributed by atoms with van der Waals surface area (Å²) in [6.07, 6.45) is 0.912. The molecule has 0 aromatic rings. The van der Waals surface area contributed by atoms with E-state index in [0.29, 0.717) is 26.2 Å². The molecule has 0 atom stereocenters. The van der Waals surface area contributed by atoms with E-state index in [4.69, 9.17) is 20.1 Å². The Morgan fingerprint density at radius 1 is 1.11 bits per heavy atom. The van der Waals surface area contributed by atoms with Gasteiger partial charge in [0.15, 0.2) is 0 Å². The van der Waals surface area contributed by atoms with Crippen molar-refractivity contribution in [2.45, 2.75) is 6.92 Å². The predicted octanol–water partition coefficient (Wildman–Crippen LogP) is -1.73. The van der Waals surface area contributed by atoms with Crippen molar-refractivity contribution in [3.63, 3.8) is 0 Å². The molecule has 0 saturated carbocycles. The molecule has 0 aromatic carbocycles. The number of aliphatic hydroxyl groups excluding tert-OH is 1. The third-order valence-electron chi connectivity index (χ3n) is 3.65. The number of likely N-dealkylation sites (N-methyl/N-ethyl adjacent to an activating group) is 1. The van der Waals surface area contributed by atoms with E-state index >= 15 is 0 Å². The number of aliphatic carboxylic acids is 1. The third-order valence-corrected chi connectivity index (χ3v) is 3.65. The Bertz CT molecular complexity index is 366. The van der Waals surface area contributed by atoms with Crippen LogP contribution in [-0.4, -0.2) is 121 Å². The minimum atomic E-state index is -0.836. The Morgan fingerprint density at radius 2 is 1.67 bits per heavy atom. The number of hydrogen-bond acceptors (Lipinski definition) is 8. The van der Waals surface area contributed by atoms with Crippen molar-refractivity contribution in [3.8, 4) is 0 Å². The maximum Gasteiger partial charge on any atom is 0.315 e. The van der Waals surface area contributed by atoms with Crippen molar-refractivity contribution in [1.82, 2.24) is 20.0 Å². The van der Waals surface area contributed by atoms with Gasteiger partial charge in [0.2, 0.25) is 0 Å². The van der Waals surface area contributed by atoms with E-state index in [1.54, 1.807) is 4.90 Å². The summed E-state index contributed by atoms with van der Waals surface area (Å²) in [5.41, 5.74) is 0. The van der Waals surface area contributed by atoms with E-state index in [9.17, 15) is 9.59 Å². The van der Waals surface area contributed by atoms with Gasteiger partial charge in [-0.3, -0.25) is 21.0 Å². The standard InChI is InChI=1S/C14H27N4O3.CH2O2.CH4O.Y/c1-2-16-5-3-15-4-6-18(13-14(20)21)10-9-17(8-7-16)11-12-19;2-1-3;1-2;/h6,12,15H,2-5,7-11,13H2,1H3,(H,20,21);1H,(H,2,3);2H,1H3;/q-1;;;. The van der Waals surface area contributed by atoms with Gasteiger partial charge in [-0.05, 0) is 13.1 Å². The Hall–Kier alpha value is -0.486. The normalized spacial score (nSPS) is 17.3. The average molecular weight is 466 g/mol. The van der Waals surface area contributed by atoms with E-state index in [0.717, 1.165) is 46.1 Å². The smallest absolute Gasteiger partial charge is 0.315 e. The van der Waals surface area contributed by atoms with Crippen LogP contribution >= 0.6 is 0 Å². The number of nitrogens with zero attached hydrogens (tertiary/aromatic N) is 3. The van der Waals surface area contributed by atoms with E-state index < -0.39 is 5.97 Å². The van der Waals surface area contributed by atoms with Crippen LogP contribution in [0.4, 0.5) is 0 Å². The van der Waals surface area contributed by atoms with E-state index in [1.165, 1.54) is 0 Å². The van der Waals surface area contributed by atoms with E-state index in [1.807, 2.05) is 6.54 Å². The fraction of sp³-hybridized carbons (Fsp3) is 0.750. The first-order valence-corrected chi connectivity index (χ1v) is 8.48. The molecule has 27 heavy (non-hydrogen) atoms. The summed E-state index contributed by atoms with van der Waals surface area (Å²) in [4.78, 5) is 36.2. The number of carbonyl (C=O) groups excluding carboxylic acids is 1. The van der Waals surface area contributed by atoms with E-state index in [2.05, 4.69) is 22.0 Å². The molecular formula is C16H33N4O6Y-. The predicted molar refractivity (Wildman–Crippen MR) is 97.8 cm³/mol. The van der Waals surface area contributed by atoms with Gasteiger partial charge in [0.25, 0.3) is 6.47 Å². The second-order valence-electron chi connectivity index (χ2n) is 5.26. The van der Waals surface area contributed by atoms with Crippen LogP contribution in [0.25, 0.3) is 0 Å². The SMILES string of the molecule is CCN1CCNC[CH-]N(CC(=O)O)CCN(CC=O)CC1.CO.O=CO.[Y]. The average Bonchev–Trinajstić information content (AvgIpc) is 2.62. The van der Waals surface area contributed by atoms with Gasteiger partial charge in [-0.1, -0.05) is 6.92 Å². The number of nitrogens with one attached hydrogen (secondary N) is 1. The summed E-state index contributed by atoms with van der Waals surface area (Å²) in [7, 11) is 1.00. The maximum atomic E-state index is 10.9. The second kappa shape index (κ2) is 23.6. The first kappa shape index (κ1) is 31.2. The van der Waals surface area contributed by atoms with Gasteiger partial charge >= 0.3 is 5.97 Å². The monoisotopic (exact) mass is 466 g/mol. The van der Waals surface area contributed by atoms with Crippen LogP contribution in [0.3, 0.4) is 0 Å². The van der Waals surface area contributed by atoms with Crippen LogP contribution in [0, 0.1) is 6.54 Å². The first-order valence-electron chi connectivity index (χ1n) is 8.48. The second-order valence-corrected chi connectivity index (χ2v) is 5.26. The zero-order valence-corrected chi connectivity index (χ0v) is 19.1. The fourth-order valence-corrected chi connectivity index (χ4v) is 2.32. The molecule has 0 aromatic heterocycles. The molecule has 0 aliphatic carbocycles. The molecule has 4 N–H and O–H groups in total. The van der Waals surface area contributed by atoms with E-state index in [-0.39, 0.29) is 45.7 Å². The molecule has 1 aliphatic rings. The van der Waals surface area contributed by atoms with Crippen LogP contribution in [0.5, 0.6) is 0 Å². The zero-order valence-electron chi connectivity index (χ0n) is 16.3. The van der Waals surface area contributed by atoms with Crippen molar-refractivity contribution in [3.05, 3.63) is 6.54 Å². The van der Waals surface area contributed by atoms with Crippen LogP contribution in [0.2, 0.25) is 0 Å². The summed E-state index contributed by atoms with van der Waals surface area (Å²) in [5, 5.41) is 26.1.